The fourth-order valence-electron chi connectivity index (χ4n) is 3.34. The Kier molecular flexibility index (Phi) is 4.71. The Morgan fingerprint density at radius 1 is 1.35 bits per heavy atom. The van der Waals surface area contributed by atoms with Crippen molar-refractivity contribution in [3.8, 4) is 5.75 Å². The predicted molar refractivity (Wildman–Crippen MR) is 94.6 cm³/mol. The number of nitrogens with two attached hydrogens (primary N) is 1. The van der Waals surface area contributed by atoms with E-state index in [2.05, 4.69) is 12.2 Å². The standard InChI is InChI=1S/C17H23N3O2S/c1-11-6-2-3-7-12(11)19-17(23)20-10-15(16(18)21)22-14-9-5-4-8-13(14)20/h4-5,8-9,11-12,15H,2-3,6-7,10H2,1H3,(H2,18,21)(H,19,23)/t11-,12-,15+/m1/s1. The molecule has 5 nitrogen and oxygen atoms in total. The zero-order valence-corrected chi connectivity index (χ0v) is 14.1. The average Bonchev–Trinajstić information content (AvgIpc) is 2.55. The molecular weight excluding hydrogens is 310 g/mol. The number of benzene rings is 1. The minimum absolute atomic E-state index is 0.347. The molecule has 0 spiro atoms. The summed E-state index contributed by atoms with van der Waals surface area (Å²) in [6.07, 6.45) is 4.19. The summed E-state index contributed by atoms with van der Waals surface area (Å²) < 4.78 is 5.68. The number of fused-ring (bicyclic) bond motifs is 1. The van der Waals surface area contributed by atoms with E-state index in [9.17, 15) is 4.79 Å². The molecule has 0 radical (unpaired) electrons. The van der Waals surface area contributed by atoms with Gasteiger partial charge in [0.1, 0.15) is 5.75 Å². The Morgan fingerprint density at radius 2 is 2.09 bits per heavy atom. The highest BCUT2D eigenvalue weighted by atomic mass is 32.1. The number of amides is 1. The normalized spacial score (nSPS) is 26.8. The fraction of sp³-hybridized carbons (Fsp3) is 0.529. The van der Waals surface area contributed by atoms with Crippen LogP contribution in [0.25, 0.3) is 0 Å². The number of nitrogens with zero attached hydrogens (tertiary/aromatic N) is 1. The maximum Gasteiger partial charge on any atom is 0.260 e. The van der Waals surface area contributed by atoms with Crippen LogP contribution in [-0.2, 0) is 4.79 Å². The second-order valence-corrected chi connectivity index (χ2v) is 6.79. The van der Waals surface area contributed by atoms with Crippen molar-refractivity contribution < 1.29 is 9.53 Å². The van der Waals surface area contributed by atoms with Crippen LogP contribution in [0.1, 0.15) is 32.6 Å². The van der Waals surface area contributed by atoms with E-state index in [1.807, 2.05) is 29.2 Å². The summed E-state index contributed by atoms with van der Waals surface area (Å²) in [5, 5.41) is 4.13. The fourth-order valence-corrected chi connectivity index (χ4v) is 3.67. The van der Waals surface area contributed by atoms with Gasteiger partial charge in [0.25, 0.3) is 5.91 Å². The predicted octanol–water partition coefficient (Wildman–Crippen LogP) is 2.19. The molecule has 0 unspecified atom stereocenters. The maximum atomic E-state index is 11.6. The molecule has 1 saturated carbocycles. The average molecular weight is 333 g/mol. The van der Waals surface area contributed by atoms with Crippen molar-refractivity contribution in [2.75, 3.05) is 11.4 Å². The first-order chi connectivity index (χ1) is 11.1. The lowest BCUT2D eigenvalue weighted by atomic mass is 9.86. The molecule has 1 aliphatic carbocycles. The van der Waals surface area contributed by atoms with Gasteiger partial charge in [-0.05, 0) is 43.1 Å². The molecule has 2 aliphatic rings. The van der Waals surface area contributed by atoms with Crippen LogP contribution in [0.15, 0.2) is 24.3 Å². The highest BCUT2D eigenvalue weighted by molar-refractivity contribution is 7.80. The number of hydrogen-bond donors (Lipinski definition) is 2. The van der Waals surface area contributed by atoms with E-state index in [0.29, 0.717) is 29.4 Å². The van der Waals surface area contributed by atoms with Gasteiger partial charge in [0, 0.05) is 6.04 Å². The number of carbonyl (C=O) groups is 1. The van der Waals surface area contributed by atoms with Crippen molar-refractivity contribution in [2.45, 2.75) is 44.8 Å². The third kappa shape index (κ3) is 3.42. The third-order valence-corrected chi connectivity index (χ3v) is 5.09. The van der Waals surface area contributed by atoms with E-state index in [1.165, 1.54) is 19.3 Å². The monoisotopic (exact) mass is 333 g/mol. The van der Waals surface area contributed by atoms with Gasteiger partial charge in [-0.1, -0.05) is 31.9 Å². The van der Waals surface area contributed by atoms with Crippen LogP contribution in [0.5, 0.6) is 5.75 Å². The van der Waals surface area contributed by atoms with E-state index in [4.69, 9.17) is 22.7 Å². The topological polar surface area (TPSA) is 67.6 Å². The van der Waals surface area contributed by atoms with E-state index >= 15 is 0 Å². The van der Waals surface area contributed by atoms with E-state index in [-0.39, 0.29) is 0 Å². The van der Waals surface area contributed by atoms with Gasteiger partial charge < -0.3 is 20.7 Å². The number of para-hydroxylation sites is 2. The Balaban J connectivity index is 1.79. The molecule has 3 atom stereocenters. The van der Waals surface area contributed by atoms with Gasteiger partial charge >= 0.3 is 0 Å². The first-order valence-corrected chi connectivity index (χ1v) is 8.60. The van der Waals surface area contributed by atoms with Crippen LogP contribution in [0.4, 0.5) is 5.69 Å². The molecule has 3 rings (SSSR count). The van der Waals surface area contributed by atoms with Crippen LogP contribution in [0.3, 0.4) is 0 Å². The minimum atomic E-state index is -0.687. The summed E-state index contributed by atoms with van der Waals surface area (Å²) in [5.41, 5.74) is 6.32. The smallest absolute Gasteiger partial charge is 0.260 e. The number of primary amides is 1. The van der Waals surface area contributed by atoms with Crippen LogP contribution in [-0.4, -0.2) is 29.7 Å². The lowest BCUT2D eigenvalue weighted by Gasteiger charge is -2.38. The largest absolute Gasteiger partial charge is 0.477 e. The Bertz CT molecular complexity index is 607. The molecule has 124 valence electrons. The summed E-state index contributed by atoms with van der Waals surface area (Å²) in [7, 11) is 0. The van der Waals surface area contributed by atoms with E-state index < -0.39 is 12.0 Å². The first-order valence-electron chi connectivity index (χ1n) is 8.19. The van der Waals surface area contributed by atoms with Gasteiger partial charge in [0.05, 0.1) is 12.2 Å². The van der Waals surface area contributed by atoms with Crippen molar-refractivity contribution in [2.24, 2.45) is 11.7 Å². The molecule has 1 fully saturated rings. The quantitative estimate of drug-likeness (QED) is 0.812. The minimum Gasteiger partial charge on any atom is -0.477 e. The summed E-state index contributed by atoms with van der Waals surface area (Å²) in [6.45, 7) is 2.61. The van der Waals surface area contributed by atoms with Gasteiger partial charge in [-0.15, -0.1) is 0 Å². The first kappa shape index (κ1) is 16.1. The van der Waals surface area contributed by atoms with Crippen LogP contribution in [0, 0.1) is 5.92 Å². The number of nitrogens with one attached hydrogen (secondary N) is 1. The number of anilines is 1. The number of ether oxygens (including phenoxy) is 1. The molecule has 1 aromatic rings. The van der Waals surface area contributed by atoms with E-state index in [0.717, 1.165) is 12.1 Å². The Labute approximate surface area is 142 Å². The highest BCUT2D eigenvalue weighted by Gasteiger charge is 2.32. The summed E-state index contributed by atoms with van der Waals surface area (Å²) >= 11 is 5.63. The van der Waals surface area contributed by atoms with Crippen LogP contribution in [0.2, 0.25) is 0 Å². The zero-order chi connectivity index (χ0) is 16.4. The van der Waals surface area contributed by atoms with Gasteiger partial charge in [-0.3, -0.25) is 4.79 Å². The van der Waals surface area contributed by atoms with Gasteiger partial charge in [0.2, 0.25) is 0 Å². The molecule has 3 N–H and O–H groups in total. The molecule has 0 saturated heterocycles. The van der Waals surface area contributed by atoms with E-state index in [1.54, 1.807) is 0 Å². The number of thiocarbonyl (C=S) groups is 1. The summed E-state index contributed by atoms with van der Waals surface area (Å²) in [4.78, 5) is 13.5. The Hall–Kier alpha value is -1.82. The molecule has 6 heteroatoms. The molecule has 1 amide bonds. The number of hydrogen-bond acceptors (Lipinski definition) is 3. The maximum absolute atomic E-state index is 11.6. The number of carbonyl (C=O) groups excluding carboxylic acids is 1. The Morgan fingerprint density at radius 3 is 2.83 bits per heavy atom. The third-order valence-electron chi connectivity index (χ3n) is 4.76. The number of rotatable bonds is 2. The zero-order valence-electron chi connectivity index (χ0n) is 13.3. The van der Waals surface area contributed by atoms with Crippen molar-refractivity contribution in [1.29, 1.82) is 0 Å². The van der Waals surface area contributed by atoms with Crippen molar-refractivity contribution in [1.82, 2.24) is 5.32 Å². The lowest BCUT2D eigenvalue weighted by Crippen LogP contribution is -2.54. The summed E-state index contributed by atoms with van der Waals surface area (Å²) in [6, 6.07) is 7.98. The SMILES string of the molecule is C[C@@H]1CCCC[C@H]1NC(=S)N1C[C@@H](C(N)=O)Oc2ccccc21. The molecule has 1 heterocycles. The second kappa shape index (κ2) is 6.74. The van der Waals surface area contributed by atoms with Crippen LogP contribution < -0.4 is 20.7 Å². The molecule has 23 heavy (non-hydrogen) atoms. The van der Waals surface area contributed by atoms with Crippen LogP contribution >= 0.6 is 12.2 Å². The van der Waals surface area contributed by atoms with Crippen molar-refractivity contribution >= 4 is 28.9 Å². The van der Waals surface area contributed by atoms with Gasteiger partial charge in [0.15, 0.2) is 11.2 Å². The second-order valence-electron chi connectivity index (χ2n) is 6.40. The molecule has 0 bridgehead atoms. The van der Waals surface area contributed by atoms with Crippen molar-refractivity contribution in [3.63, 3.8) is 0 Å². The van der Waals surface area contributed by atoms with Gasteiger partial charge in [-0.2, -0.15) is 0 Å². The highest BCUT2D eigenvalue weighted by Crippen LogP contribution is 2.33. The molecule has 1 aliphatic heterocycles. The summed E-state index contributed by atoms with van der Waals surface area (Å²) in [5.74, 6) is 0.770. The molecule has 1 aromatic carbocycles. The van der Waals surface area contributed by atoms with Crippen molar-refractivity contribution in [3.05, 3.63) is 24.3 Å². The lowest BCUT2D eigenvalue weighted by molar-refractivity contribution is -0.124. The van der Waals surface area contributed by atoms with Gasteiger partial charge in [-0.25, -0.2) is 0 Å². The molecule has 0 aromatic heterocycles. The molecular formula is C17H23N3O2S.